The minimum absolute atomic E-state index is 0.0255. The van der Waals surface area contributed by atoms with Crippen molar-refractivity contribution in [1.29, 1.82) is 0 Å². The highest BCUT2D eigenvalue weighted by Crippen LogP contribution is 2.24. The van der Waals surface area contributed by atoms with E-state index in [0.29, 0.717) is 17.2 Å². The molecule has 1 aliphatic heterocycles. The maximum Gasteiger partial charge on any atom is 0.255 e. The largest absolute Gasteiger partial charge is 0.399 e. The summed E-state index contributed by atoms with van der Waals surface area (Å²) in [6, 6.07) is 5.48. The Labute approximate surface area is 126 Å². The molecule has 0 radical (unpaired) electrons. The Balaban J connectivity index is 2.12. The normalized spacial score (nSPS) is 15.8. The topological polar surface area (TPSA) is 58.8 Å². The van der Waals surface area contributed by atoms with Gasteiger partial charge in [0.15, 0.2) is 0 Å². The molecule has 5 nitrogen and oxygen atoms in total. The first-order valence-corrected chi connectivity index (χ1v) is 7.39. The Morgan fingerprint density at radius 1 is 1.29 bits per heavy atom. The lowest BCUT2D eigenvalue weighted by atomic mass is 9.99. The van der Waals surface area contributed by atoms with E-state index in [1.165, 1.54) is 0 Å². The van der Waals surface area contributed by atoms with Crippen LogP contribution in [0.4, 0.5) is 11.4 Å². The van der Waals surface area contributed by atoms with E-state index in [0.717, 1.165) is 38.3 Å². The second-order valence-electron chi connectivity index (χ2n) is 5.91. The third-order valence-corrected chi connectivity index (χ3v) is 3.95. The van der Waals surface area contributed by atoms with E-state index in [4.69, 9.17) is 10.5 Å². The van der Waals surface area contributed by atoms with Gasteiger partial charge < -0.3 is 20.3 Å². The second kappa shape index (κ2) is 6.80. The molecule has 0 bridgehead atoms. The summed E-state index contributed by atoms with van der Waals surface area (Å²) in [4.78, 5) is 16.5. The van der Waals surface area contributed by atoms with Gasteiger partial charge in [0.1, 0.15) is 0 Å². The average Bonchev–Trinajstić information content (AvgIpc) is 2.47. The molecular weight excluding hydrogens is 266 g/mol. The number of nitrogens with zero attached hydrogens (tertiary/aromatic N) is 2. The lowest BCUT2D eigenvalue weighted by Gasteiger charge is -2.28. The van der Waals surface area contributed by atoms with Crippen molar-refractivity contribution < 1.29 is 9.53 Å². The van der Waals surface area contributed by atoms with Crippen LogP contribution >= 0.6 is 0 Å². The molecule has 116 valence electrons. The first-order chi connectivity index (χ1) is 9.99. The lowest BCUT2D eigenvalue weighted by Crippen LogP contribution is -2.34. The summed E-state index contributed by atoms with van der Waals surface area (Å²) in [5, 5.41) is 0. The van der Waals surface area contributed by atoms with E-state index in [9.17, 15) is 4.79 Å². The zero-order chi connectivity index (χ0) is 15.4. The second-order valence-corrected chi connectivity index (χ2v) is 5.91. The molecule has 1 aromatic carbocycles. The van der Waals surface area contributed by atoms with Gasteiger partial charge in [0.25, 0.3) is 5.91 Å². The standard InChI is InChI=1S/C16H25N3O2/c1-18(2)15-5-4-13(17)10-14(15)16(20)19(3)11-12-6-8-21-9-7-12/h4-5,10,12H,6-9,11,17H2,1-3H3. The summed E-state index contributed by atoms with van der Waals surface area (Å²) in [5.41, 5.74) is 8.02. The van der Waals surface area contributed by atoms with E-state index in [2.05, 4.69) is 0 Å². The summed E-state index contributed by atoms with van der Waals surface area (Å²) in [6.07, 6.45) is 2.05. The van der Waals surface area contributed by atoms with Gasteiger partial charge in [-0.25, -0.2) is 0 Å². The smallest absolute Gasteiger partial charge is 0.255 e. The minimum Gasteiger partial charge on any atom is -0.399 e. The molecule has 2 rings (SSSR count). The van der Waals surface area contributed by atoms with Gasteiger partial charge in [-0.05, 0) is 37.0 Å². The van der Waals surface area contributed by atoms with Crippen LogP contribution in [0.3, 0.4) is 0 Å². The maximum atomic E-state index is 12.7. The van der Waals surface area contributed by atoms with E-state index in [1.807, 2.05) is 38.2 Å². The number of benzene rings is 1. The SMILES string of the molecule is CN(CC1CCOCC1)C(=O)c1cc(N)ccc1N(C)C. The molecule has 2 N–H and O–H groups in total. The van der Waals surface area contributed by atoms with Crippen molar-refractivity contribution in [2.45, 2.75) is 12.8 Å². The van der Waals surface area contributed by atoms with Crippen LogP contribution < -0.4 is 10.6 Å². The van der Waals surface area contributed by atoms with Crippen LogP contribution in [-0.2, 0) is 4.74 Å². The molecule has 21 heavy (non-hydrogen) atoms. The molecule has 1 aromatic rings. The fourth-order valence-corrected chi connectivity index (χ4v) is 2.72. The van der Waals surface area contributed by atoms with Gasteiger partial charge in [0.05, 0.1) is 5.56 Å². The maximum absolute atomic E-state index is 12.7. The molecule has 1 fully saturated rings. The highest BCUT2D eigenvalue weighted by atomic mass is 16.5. The molecule has 0 unspecified atom stereocenters. The zero-order valence-corrected chi connectivity index (χ0v) is 13.1. The van der Waals surface area contributed by atoms with Crippen LogP contribution in [0.1, 0.15) is 23.2 Å². The van der Waals surface area contributed by atoms with Crippen LogP contribution in [-0.4, -0.2) is 51.7 Å². The molecule has 0 saturated carbocycles. The van der Waals surface area contributed by atoms with E-state index in [1.54, 1.807) is 11.0 Å². The number of nitrogens with two attached hydrogens (primary N) is 1. The number of hydrogen-bond acceptors (Lipinski definition) is 4. The third-order valence-electron chi connectivity index (χ3n) is 3.95. The van der Waals surface area contributed by atoms with Crippen molar-refractivity contribution in [2.75, 3.05) is 51.5 Å². The molecule has 5 heteroatoms. The molecule has 1 saturated heterocycles. The number of nitrogen functional groups attached to an aromatic ring is 1. The van der Waals surface area contributed by atoms with Gasteiger partial charge in [-0.3, -0.25) is 4.79 Å². The number of carbonyl (C=O) groups excluding carboxylic acids is 1. The van der Waals surface area contributed by atoms with Gasteiger partial charge in [-0.1, -0.05) is 0 Å². The van der Waals surface area contributed by atoms with Gasteiger partial charge in [0, 0.05) is 52.3 Å². The Kier molecular flexibility index (Phi) is 5.07. The lowest BCUT2D eigenvalue weighted by molar-refractivity contribution is 0.0497. The van der Waals surface area contributed by atoms with Crippen LogP contribution in [0, 0.1) is 5.92 Å². The molecule has 1 aliphatic rings. The van der Waals surface area contributed by atoms with Crippen molar-refractivity contribution in [3.05, 3.63) is 23.8 Å². The van der Waals surface area contributed by atoms with Gasteiger partial charge in [0.2, 0.25) is 0 Å². The fourth-order valence-electron chi connectivity index (χ4n) is 2.72. The van der Waals surface area contributed by atoms with E-state index >= 15 is 0 Å². The van der Waals surface area contributed by atoms with E-state index in [-0.39, 0.29) is 5.91 Å². The molecule has 0 aromatic heterocycles. The highest BCUT2D eigenvalue weighted by molar-refractivity contribution is 6.00. The summed E-state index contributed by atoms with van der Waals surface area (Å²) >= 11 is 0. The number of rotatable bonds is 4. The number of anilines is 2. The van der Waals surface area contributed by atoms with Crippen molar-refractivity contribution >= 4 is 17.3 Å². The summed E-state index contributed by atoms with van der Waals surface area (Å²) in [7, 11) is 5.72. The van der Waals surface area contributed by atoms with Crippen LogP contribution in [0.15, 0.2) is 18.2 Å². The van der Waals surface area contributed by atoms with Crippen molar-refractivity contribution in [3.63, 3.8) is 0 Å². The fraction of sp³-hybridized carbons (Fsp3) is 0.562. The number of amides is 1. The summed E-state index contributed by atoms with van der Waals surface area (Å²) in [5.74, 6) is 0.550. The number of ether oxygens (including phenoxy) is 1. The van der Waals surface area contributed by atoms with Crippen molar-refractivity contribution in [1.82, 2.24) is 4.90 Å². The minimum atomic E-state index is 0.0255. The molecule has 1 amide bonds. The first kappa shape index (κ1) is 15.6. The molecule has 1 heterocycles. The first-order valence-electron chi connectivity index (χ1n) is 7.39. The summed E-state index contributed by atoms with van der Waals surface area (Å²) in [6.45, 7) is 2.37. The third kappa shape index (κ3) is 3.88. The van der Waals surface area contributed by atoms with E-state index < -0.39 is 0 Å². The summed E-state index contributed by atoms with van der Waals surface area (Å²) < 4.78 is 5.37. The molecular formula is C16H25N3O2. The van der Waals surface area contributed by atoms with Gasteiger partial charge in [-0.15, -0.1) is 0 Å². The predicted octanol–water partition coefficient (Wildman–Crippen LogP) is 1.83. The Morgan fingerprint density at radius 3 is 2.57 bits per heavy atom. The van der Waals surface area contributed by atoms with Gasteiger partial charge >= 0.3 is 0 Å². The predicted molar refractivity (Wildman–Crippen MR) is 85.7 cm³/mol. The highest BCUT2D eigenvalue weighted by Gasteiger charge is 2.21. The van der Waals surface area contributed by atoms with Crippen LogP contribution in [0.25, 0.3) is 0 Å². The number of hydrogen-bond donors (Lipinski definition) is 1. The Bertz CT molecular complexity index is 496. The van der Waals surface area contributed by atoms with Crippen molar-refractivity contribution in [3.8, 4) is 0 Å². The quantitative estimate of drug-likeness (QED) is 0.860. The Morgan fingerprint density at radius 2 is 1.95 bits per heavy atom. The van der Waals surface area contributed by atoms with Crippen LogP contribution in [0.5, 0.6) is 0 Å². The molecule has 0 atom stereocenters. The van der Waals surface area contributed by atoms with Crippen LogP contribution in [0.2, 0.25) is 0 Å². The monoisotopic (exact) mass is 291 g/mol. The number of carbonyl (C=O) groups is 1. The Hall–Kier alpha value is -1.75. The van der Waals surface area contributed by atoms with Crippen molar-refractivity contribution in [2.24, 2.45) is 5.92 Å². The molecule has 0 spiro atoms. The van der Waals surface area contributed by atoms with Gasteiger partial charge in [-0.2, -0.15) is 0 Å². The molecule has 0 aliphatic carbocycles. The zero-order valence-electron chi connectivity index (χ0n) is 13.1. The average molecular weight is 291 g/mol.